The maximum atomic E-state index is 2.08. The molecule has 0 aliphatic rings. The third-order valence-electron chi connectivity index (χ3n) is 1.21. The molecule has 12 heavy (non-hydrogen) atoms. The van der Waals surface area contributed by atoms with Crippen LogP contribution in [0.4, 0.5) is 0 Å². The summed E-state index contributed by atoms with van der Waals surface area (Å²) < 4.78 is 0. The van der Waals surface area contributed by atoms with E-state index in [1.54, 1.807) is 0 Å². The van der Waals surface area contributed by atoms with Crippen molar-refractivity contribution in [1.82, 2.24) is 4.90 Å². The van der Waals surface area contributed by atoms with Crippen LogP contribution in [0.3, 0.4) is 0 Å². The summed E-state index contributed by atoms with van der Waals surface area (Å²) in [4.78, 5) is 2.04. The zero-order valence-electron chi connectivity index (χ0n) is 7.50. The smallest absolute Gasteiger partial charge is 1.00 e. The number of hydrogen-bond donors (Lipinski definition) is 0. The topological polar surface area (TPSA) is 3.24 Å². The van der Waals surface area contributed by atoms with Crippen molar-refractivity contribution in [3.05, 3.63) is 42.4 Å². The van der Waals surface area contributed by atoms with E-state index < -0.39 is 0 Å². The molecular formula is C9H12ClMgN. The molecular weight excluding hydrogens is 182 g/mol. The molecule has 62 valence electrons. The van der Waals surface area contributed by atoms with Gasteiger partial charge in [-0.2, -0.15) is 17.7 Å². The van der Waals surface area contributed by atoms with Crippen LogP contribution in [-0.2, 0) is 0 Å². The van der Waals surface area contributed by atoms with Crippen LogP contribution in [0, 0.1) is 6.54 Å². The molecule has 1 rings (SSSR count). The first-order valence-corrected chi connectivity index (χ1v) is 3.35. The summed E-state index contributed by atoms with van der Waals surface area (Å²) in [5, 5.41) is 0. The largest absolute Gasteiger partial charge is 2.00 e. The van der Waals surface area contributed by atoms with E-state index in [-0.39, 0.29) is 35.5 Å². The van der Waals surface area contributed by atoms with Gasteiger partial charge in [-0.25, -0.2) is 0 Å². The van der Waals surface area contributed by atoms with Crippen LogP contribution in [0.1, 0.15) is 5.56 Å². The van der Waals surface area contributed by atoms with Crippen LogP contribution in [0.25, 0.3) is 0 Å². The van der Waals surface area contributed by atoms with Gasteiger partial charge in [0.25, 0.3) is 0 Å². The van der Waals surface area contributed by atoms with Gasteiger partial charge in [-0.3, -0.25) is 0 Å². The summed E-state index contributed by atoms with van der Waals surface area (Å²) >= 11 is 0. The molecule has 1 aromatic carbocycles. The van der Waals surface area contributed by atoms with Crippen molar-refractivity contribution in [3.8, 4) is 0 Å². The van der Waals surface area contributed by atoms with Crippen LogP contribution in [0.5, 0.6) is 0 Å². The zero-order valence-corrected chi connectivity index (χ0v) is 9.67. The number of hydrogen-bond acceptors (Lipinski definition) is 1. The molecule has 0 radical (unpaired) electrons. The van der Waals surface area contributed by atoms with Gasteiger partial charge < -0.3 is 17.3 Å². The van der Waals surface area contributed by atoms with Gasteiger partial charge in [-0.1, -0.05) is 6.07 Å². The van der Waals surface area contributed by atoms with Crippen molar-refractivity contribution >= 4 is 23.1 Å². The molecule has 0 heterocycles. The van der Waals surface area contributed by atoms with Crippen molar-refractivity contribution in [3.63, 3.8) is 0 Å². The van der Waals surface area contributed by atoms with E-state index in [9.17, 15) is 0 Å². The van der Waals surface area contributed by atoms with Gasteiger partial charge in [0.1, 0.15) is 0 Å². The van der Waals surface area contributed by atoms with Crippen molar-refractivity contribution in [2.45, 2.75) is 0 Å². The Hall–Kier alpha value is 0.106. The Balaban J connectivity index is 0. The van der Waals surface area contributed by atoms with Gasteiger partial charge in [-0.05, 0) is 14.1 Å². The molecule has 0 aliphatic heterocycles. The molecule has 0 atom stereocenters. The second-order valence-corrected chi connectivity index (χ2v) is 2.50. The molecule has 0 fully saturated rings. The van der Waals surface area contributed by atoms with Gasteiger partial charge >= 0.3 is 23.1 Å². The molecule has 0 saturated carbocycles. The minimum atomic E-state index is 0. The number of benzene rings is 1. The van der Waals surface area contributed by atoms with Crippen LogP contribution in [0.15, 0.2) is 30.3 Å². The van der Waals surface area contributed by atoms with Crippen LogP contribution in [-0.4, -0.2) is 42.0 Å². The van der Waals surface area contributed by atoms with Crippen LogP contribution in [0.2, 0.25) is 0 Å². The predicted molar refractivity (Wildman–Crippen MR) is 49.3 cm³/mol. The van der Waals surface area contributed by atoms with Crippen molar-refractivity contribution < 1.29 is 12.4 Å². The monoisotopic (exact) mass is 193 g/mol. The van der Waals surface area contributed by atoms with E-state index in [2.05, 4.69) is 18.7 Å². The fourth-order valence-corrected chi connectivity index (χ4v) is 0.837. The molecule has 0 saturated heterocycles. The van der Waals surface area contributed by atoms with Crippen molar-refractivity contribution in [1.29, 1.82) is 0 Å². The first kappa shape index (κ1) is 14.6. The maximum Gasteiger partial charge on any atom is 2.00 e. The van der Waals surface area contributed by atoms with Gasteiger partial charge in [-0.15, -0.1) is 18.7 Å². The van der Waals surface area contributed by atoms with Gasteiger partial charge in [0, 0.05) is 0 Å². The molecule has 1 nitrogen and oxygen atoms in total. The van der Waals surface area contributed by atoms with E-state index >= 15 is 0 Å². The third kappa shape index (κ3) is 5.72. The summed E-state index contributed by atoms with van der Waals surface area (Å²) in [7, 11) is 4.04. The first-order chi connectivity index (χ1) is 4.79. The summed E-state index contributed by atoms with van der Waals surface area (Å²) in [5.41, 5.74) is 1.24. The summed E-state index contributed by atoms with van der Waals surface area (Å²) in [6, 6.07) is 10.3. The summed E-state index contributed by atoms with van der Waals surface area (Å²) in [5.74, 6) is 0. The molecule has 0 spiro atoms. The Morgan fingerprint density at radius 2 is 1.58 bits per heavy atom. The Bertz CT molecular complexity index is 189. The summed E-state index contributed by atoms with van der Waals surface area (Å²) in [6.45, 7) is 2.08. The normalized spacial score (nSPS) is 8.25. The van der Waals surface area contributed by atoms with Crippen LogP contribution < -0.4 is 12.4 Å². The second-order valence-electron chi connectivity index (χ2n) is 2.50. The average Bonchev–Trinajstić information content (AvgIpc) is 1.88. The molecule has 3 heteroatoms. The molecule has 0 aromatic heterocycles. The Morgan fingerprint density at radius 1 is 1.08 bits per heavy atom. The Labute approximate surface area is 96.7 Å². The van der Waals surface area contributed by atoms with Crippen molar-refractivity contribution in [2.24, 2.45) is 0 Å². The second kappa shape index (κ2) is 7.74. The standard InChI is InChI=1S/C9H12N.ClH.Mg/c1-10(2)8-9-6-4-3-5-7-9;;/h3-8H,1-2H3;1H;/q-1;;+2/p-1. The summed E-state index contributed by atoms with van der Waals surface area (Å²) in [6.07, 6.45) is 0. The van der Waals surface area contributed by atoms with E-state index in [4.69, 9.17) is 0 Å². The SMILES string of the molecule is CN(C)[CH-]c1ccccc1.[Cl-].[Mg+2]. The average molecular weight is 194 g/mol. The predicted octanol–water partition coefficient (Wildman–Crippen LogP) is -1.62. The van der Waals surface area contributed by atoms with Crippen molar-refractivity contribution in [2.75, 3.05) is 14.1 Å². The van der Waals surface area contributed by atoms with E-state index in [0.717, 1.165) is 0 Å². The third-order valence-corrected chi connectivity index (χ3v) is 1.21. The Morgan fingerprint density at radius 3 is 2.00 bits per heavy atom. The fourth-order valence-electron chi connectivity index (χ4n) is 0.837. The number of halogens is 1. The minimum Gasteiger partial charge on any atom is -1.00 e. The fraction of sp³-hybridized carbons (Fsp3) is 0.222. The quantitative estimate of drug-likeness (QED) is 0.404. The molecule has 0 amide bonds. The van der Waals surface area contributed by atoms with E-state index in [1.165, 1.54) is 5.56 Å². The minimum absolute atomic E-state index is 0. The van der Waals surface area contributed by atoms with Crippen LogP contribution >= 0.6 is 0 Å². The molecule has 0 N–H and O–H groups in total. The number of rotatable bonds is 2. The van der Waals surface area contributed by atoms with Gasteiger partial charge in [0.15, 0.2) is 0 Å². The Kier molecular flexibility index (Phi) is 9.43. The molecule has 0 bridgehead atoms. The van der Waals surface area contributed by atoms with Gasteiger partial charge in [0.05, 0.1) is 0 Å². The first-order valence-electron chi connectivity index (χ1n) is 3.35. The maximum absolute atomic E-state index is 2.08. The van der Waals surface area contributed by atoms with E-state index in [1.807, 2.05) is 37.2 Å². The number of nitrogens with zero attached hydrogens (tertiary/aromatic N) is 1. The molecule has 0 aliphatic carbocycles. The van der Waals surface area contributed by atoms with Gasteiger partial charge in [0.2, 0.25) is 0 Å². The molecule has 1 aromatic rings. The van der Waals surface area contributed by atoms with E-state index in [0.29, 0.717) is 0 Å². The molecule has 0 unspecified atom stereocenters. The zero-order chi connectivity index (χ0) is 7.40.